The second kappa shape index (κ2) is 6.26. The van der Waals surface area contributed by atoms with Crippen molar-refractivity contribution in [3.63, 3.8) is 0 Å². The number of carbonyl (C=O) groups is 1. The molecule has 0 fully saturated rings. The Morgan fingerprint density at radius 1 is 1.30 bits per heavy atom. The lowest BCUT2D eigenvalue weighted by molar-refractivity contribution is 0.0755. The van der Waals surface area contributed by atoms with Crippen molar-refractivity contribution in [3.05, 3.63) is 62.6 Å². The summed E-state index contributed by atoms with van der Waals surface area (Å²) >= 11 is 1.57. The van der Waals surface area contributed by atoms with Gasteiger partial charge in [-0.25, -0.2) is 0 Å². The lowest BCUT2D eigenvalue weighted by Crippen LogP contribution is -2.26. The van der Waals surface area contributed by atoms with Crippen molar-refractivity contribution in [3.8, 4) is 5.75 Å². The molecule has 0 aliphatic rings. The second-order valence-electron chi connectivity index (χ2n) is 5.08. The number of fused-ring (bicyclic) bond motifs is 1. The Balaban J connectivity index is 1.95. The Bertz CT molecular complexity index is 899. The van der Waals surface area contributed by atoms with Crippen molar-refractivity contribution in [1.29, 1.82) is 0 Å². The molecule has 1 amide bonds. The minimum absolute atomic E-state index is 0.0230. The van der Waals surface area contributed by atoms with Crippen molar-refractivity contribution < 1.29 is 13.9 Å². The second-order valence-corrected chi connectivity index (χ2v) is 6.11. The van der Waals surface area contributed by atoms with Gasteiger partial charge in [-0.1, -0.05) is 6.07 Å². The predicted octanol–water partition coefficient (Wildman–Crippen LogP) is 3.14. The maximum Gasteiger partial charge on any atom is 0.289 e. The number of ether oxygens (including phenoxy) is 1. The van der Waals surface area contributed by atoms with E-state index in [9.17, 15) is 9.59 Å². The average Bonchev–Trinajstić information content (AvgIpc) is 3.06. The molecule has 2 heterocycles. The summed E-state index contributed by atoms with van der Waals surface area (Å²) in [6.45, 7) is 0.469. The van der Waals surface area contributed by atoms with Crippen LogP contribution in [-0.2, 0) is 6.54 Å². The first-order valence-electron chi connectivity index (χ1n) is 6.98. The third kappa shape index (κ3) is 3.12. The molecule has 2 aromatic heterocycles. The molecule has 1 aromatic carbocycles. The maximum atomic E-state index is 12.5. The fourth-order valence-electron chi connectivity index (χ4n) is 2.26. The summed E-state index contributed by atoms with van der Waals surface area (Å²) in [5.74, 6) is 0.257. The fraction of sp³-hybridized carbons (Fsp3) is 0.176. The minimum atomic E-state index is -0.333. The van der Waals surface area contributed by atoms with Crippen LogP contribution in [0.3, 0.4) is 0 Å². The van der Waals surface area contributed by atoms with Gasteiger partial charge in [0.2, 0.25) is 0 Å². The molecule has 0 spiro atoms. The molecular weight excluding hydrogens is 314 g/mol. The van der Waals surface area contributed by atoms with Gasteiger partial charge in [0, 0.05) is 24.1 Å². The molecule has 0 aliphatic heterocycles. The zero-order valence-corrected chi connectivity index (χ0v) is 13.6. The van der Waals surface area contributed by atoms with Gasteiger partial charge in [-0.3, -0.25) is 9.59 Å². The Labute approximate surface area is 136 Å². The van der Waals surface area contributed by atoms with E-state index in [0.717, 1.165) is 4.88 Å². The fourth-order valence-corrected chi connectivity index (χ4v) is 3.02. The zero-order valence-electron chi connectivity index (χ0n) is 12.7. The van der Waals surface area contributed by atoms with Crippen LogP contribution in [0.4, 0.5) is 0 Å². The number of carbonyl (C=O) groups excluding carboxylic acids is 1. The highest BCUT2D eigenvalue weighted by atomic mass is 32.1. The van der Waals surface area contributed by atoms with Crippen LogP contribution < -0.4 is 10.2 Å². The first kappa shape index (κ1) is 15.3. The van der Waals surface area contributed by atoms with Crippen LogP contribution in [0.2, 0.25) is 0 Å². The molecule has 118 valence electrons. The summed E-state index contributed by atoms with van der Waals surface area (Å²) in [5.41, 5.74) is 0.0894. The van der Waals surface area contributed by atoms with Gasteiger partial charge in [-0.15, -0.1) is 11.3 Å². The Kier molecular flexibility index (Phi) is 4.16. The number of amides is 1. The van der Waals surface area contributed by atoms with E-state index in [1.165, 1.54) is 18.1 Å². The van der Waals surface area contributed by atoms with Gasteiger partial charge in [0.05, 0.1) is 19.0 Å². The normalized spacial score (nSPS) is 10.7. The van der Waals surface area contributed by atoms with Crippen LogP contribution in [0.15, 0.2) is 51.0 Å². The Hall–Kier alpha value is -2.60. The SMILES string of the molecule is COc1ccc2c(=O)cc(C(=O)N(C)Cc3cccs3)oc2c1. The van der Waals surface area contributed by atoms with Crippen molar-refractivity contribution >= 4 is 28.2 Å². The first-order valence-corrected chi connectivity index (χ1v) is 7.86. The van der Waals surface area contributed by atoms with E-state index in [1.54, 1.807) is 36.6 Å². The summed E-state index contributed by atoms with van der Waals surface area (Å²) in [7, 11) is 3.21. The number of benzene rings is 1. The Morgan fingerprint density at radius 2 is 2.13 bits per heavy atom. The van der Waals surface area contributed by atoms with Gasteiger partial charge in [0.25, 0.3) is 5.91 Å². The molecule has 0 bridgehead atoms. The van der Waals surface area contributed by atoms with Gasteiger partial charge in [-0.05, 0) is 23.6 Å². The molecule has 0 aliphatic carbocycles. The highest BCUT2D eigenvalue weighted by molar-refractivity contribution is 7.09. The lowest BCUT2D eigenvalue weighted by Gasteiger charge is -2.15. The number of nitrogens with zero attached hydrogens (tertiary/aromatic N) is 1. The van der Waals surface area contributed by atoms with Crippen molar-refractivity contribution in [2.45, 2.75) is 6.54 Å². The van der Waals surface area contributed by atoms with Crippen LogP contribution in [-0.4, -0.2) is 25.0 Å². The highest BCUT2D eigenvalue weighted by Crippen LogP contribution is 2.20. The van der Waals surface area contributed by atoms with E-state index in [-0.39, 0.29) is 17.1 Å². The van der Waals surface area contributed by atoms with Crippen molar-refractivity contribution in [2.75, 3.05) is 14.2 Å². The number of thiophene rings is 1. The molecule has 3 aromatic rings. The number of methoxy groups -OCH3 is 1. The summed E-state index contributed by atoms with van der Waals surface area (Å²) in [6, 6.07) is 10.0. The monoisotopic (exact) mass is 329 g/mol. The molecule has 5 nitrogen and oxygen atoms in total. The van der Waals surface area contributed by atoms with Crippen LogP contribution in [0.1, 0.15) is 15.4 Å². The van der Waals surface area contributed by atoms with Crippen molar-refractivity contribution in [1.82, 2.24) is 4.90 Å². The molecule has 0 saturated heterocycles. The number of hydrogen-bond donors (Lipinski definition) is 0. The number of rotatable bonds is 4. The summed E-state index contributed by atoms with van der Waals surface area (Å²) in [4.78, 5) is 27.2. The lowest BCUT2D eigenvalue weighted by atomic mass is 10.2. The quantitative estimate of drug-likeness (QED) is 0.738. The topological polar surface area (TPSA) is 59.8 Å². The van der Waals surface area contributed by atoms with Crippen molar-refractivity contribution in [2.24, 2.45) is 0 Å². The molecule has 0 N–H and O–H groups in total. The molecule has 0 unspecified atom stereocenters. The van der Waals surface area contributed by atoms with E-state index >= 15 is 0 Å². The highest BCUT2D eigenvalue weighted by Gasteiger charge is 2.17. The first-order chi connectivity index (χ1) is 11.1. The largest absolute Gasteiger partial charge is 0.497 e. The van der Waals surface area contributed by atoms with Crippen LogP contribution in [0.25, 0.3) is 11.0 Å². The summed E-state index contributed by atoms with van der Waals surface area (Å²) in [5, 5.41) is 2.37. The zero-order chi connectivity index (χ0) is 16.4. The van der Waals surface area contributed by atoms with E-state index in [2.05, 4.69) is 0 Å². The third-order valence-electron chi connectivity index (χ3n) is 3.47. The molecule has 6 heteroatoms. The molecule has 3 rings (SSSR count). The number of hydrogen-bond acceptors (Lipinski definition) is 5. The Morgan fingerprint density at radius 3 is 2.83 bits per heavy atom. The van der Waals surface area contributed by atoms with E-state index in [4.69, 9.17) is 9.15 Å². The van der Waals surface area contributed by atoms with Crippen LogP contribution in [0.5, 0.6) is 5.75 Å². The van der Waals surface area contributed by atoms with Crippen LogP contribution >= 0.6 is 11.3 Å². The standard InChI is InChI=1S/C17H15NO4S/c1-18(10-12-4-3-7-23-12)17(20)16-9-14(19)13-6-5-11(21-2)8-15(13)22-16/h3-9H,10H2,1-2H3. The molecule has 0 atom stereocenters. The molecule has 0 radical (unpaired) electrons. The van der Waals surface area contributed by atoms with E-state index in [1.807, 2.05) is 17.5 Å². The van der Waals surface area contributed by atoms with Gasteiger partial charge in [0.1, 0.15) is 11.3 Å². The molecular formula is C17H15NO4S. The minimum Gasteiger partial charge on any atom is -0.497 e. The van der Waals surface area contributed by atoms with Gasteiger partial charge in [-0.2, -0.15) is 0 Å². The van der Waals surface area contributed by atoms with Crippen LogP contribution in [0, 0.1) is 0 Å². The van der Waals surface area contributed by atoms with Gasteiger partial charge < -0.3 is 14.1 Å². The van der Waals surface area contributed by atoms with Gasteiger partial charge in [0.15, 0.2) is 11.2 Å². The average molecular weight is 329 g/mol. The molecule has 0 saturated carbocycles. The summed E-state index contributed by atoms with van der Waals surface area (Å²) < 4.78 is 10.7. The van der Waals surface area contributed by atoms with Gasteiger partial charge >= 0.3 is 0 Å². The smallest absolute Gasteiger partial charge is 0.289 e. The van der Waals surface area contributed by atoms with E-state index < -0.39 is 0 Å². The summed E-state index contributed by atoms with van der Waals surface area (Å²) in [6.07, 6.45) is 0. The van der Waals surface area contributed by atoms with E-state index in [0.29, 0.717) is 23.3 Å². The third-order valence-corrected chi connectivity index (χ3v) is 4.33. The maximum absolute atomic E-state index is 12.5. The molecule has 23 heavy (non-hydrogen) atoms. The predicted molar refractivity (Wildman–Crippen MR) is 89.2 cm³/mol.